The van der Waals surface area contributed by atoms with E-state index in [0.29, 0.717) is 0 Å². The van der Waals surface area contributed by atoms with E-state index < -0.39 is 0 Å². The van der Waals surface area contributed by atoms with E-state index in [1.165, 1.54) is 16.7 Å². The van der Waals surface area contributed by atoms with Crippen molar-refractivity contribution >= 4 is 11.0 Å². The van der Waals surface area contributed by atoms with E-state index in [9.17, 15) is 0 Å². The molecule has 1 N–H and O–H groups in total. The lowest BCUT2D eigenvalue weighted by molar-refractivity contribution is 0.666. The molecule has 1 unspecified atom stereocenters. The first-order chi connectivity index (χ1) is 10.2. The summed E-state index contributed by atoms with van der Waals surface area (Å²) in [5.74, 6) is 0. The van der Waals surface area contributed by atoms with Crippen LogP contribution in [0.15, 0.2) is 48.7 Å². The number of benzene rings is 2. The van der Waals surface area contributed by atoms with Gasteiger partial charge in [-0.3, -0.25) is 4.98 Å². The van der Waals surface area contributed by atoms with E-state index in [-0.39, 0.29) is 6.04 Å². The van der Waals surface area contributed by atoms with Crippen molar-refractivity contribution in [3.8, 4) is 0 Å². The van der Waals surface area contributed by atoms with Gasteiger partial charge in [-0.2, -0.15) is 0 Å². The summed E-state index contributed by atoms with van der Waals surface area (Å²) in [6, 6.07) is 14.5. The fourth-order valence-corrected chi connectivity index (χ4v) is 2.64. The predicted octanol–water partition coefficient (Wildman–Crippen LogP) is 3.56. The van der Waals surface area contributed by atoms with Gasteiger partial charge >= 0.3 is 0 Å². The molecule has 3 aromatic rings. The van der Waals surface area contributed by atoms with E-state index >= 15 is 0 Å². The third-order valence-corrected chi connectivity index (χ3v) is 3.80. The Bertz CT molecular complexity index is 780. The Morgan fingerprint density at radius 2 is 1.76 bits per heavy atom. The molecule has 0 amide bonds. The molecule has 0 saturated carbocycles. The molecular formula is C18H19N3. The van der Waals surface area contributed by atoms with Crippen molar-refractivity contribution < 1.29 is 0 Å². The SMILES string of the molecule is CNC(c1cnc2ccccc2n1)c1cc(C)ccc1C. The lowest BCUT2D eigenvalue weighted by atomic mass is 9.97. The molecule has 0 aliphatic carbocycles. The van der Waals surface area contributed by atoms with E-state index in [0.717, 1.165) is 16.7 Å². The van der Waals surface area contributed by atoms with E-state index in [1.54, 1.807) is 0 Å². The van der Waals surface area contributed by atoms with Crippen molar-refractivity contribution in [2.75, 3.05) is 7.05 Å². The Morgan fingerprint density at radius 3 is 2.52 bits per heavy atom. The van der Waals surface area contributed by atoms with Gasteiger partial charge in [0.25, 0.3) is 0 Å². The van der Waals surface area contributed by atoms with Crippen LogP contribution in [0.2, 0.25) is 0 Å². The van der Waals surface area contributed by atoms with Gasteiger partial charge in [0, 0.05) is 0 Å². The molecule has 1 aromatic heterocycles. The van der Waals surface area contributed by atoms with Gasteiger partial charge in [0.1, 0.15) is 0 Å². The lowest BCUT2D eigenvalue weighted by Crippen LogP contribution is -2.20. The third kappa shape index (κ3) is 2.65. The summed E-state index contributed by atoms with van der Waals surface area (Å²) < 4.78 is 0. The van der Waals surface area contributed by atoms with E-state index in [1.807, 2.05) is 37.5 Å². The van der Waals surface area contributed by atoms with Crippen molar-refractivity contribution in [3.63, 3.8) is 0 Å². The Hall–Kier alpha value is -2.26. The Balaban J connectivity index is 2.11. The van der Waals surface area contributed by atoms with Crippen molar-refractivity contribution in [3.05, 3.63) is 71.0 Å². The minimum atomic E-state index is 0.0574. The average molecular weight is 277 g/mol. The van der Waals surface area contributed by atoms with Gasteiger partial charge in [-0.25, -0.2) is 4.98 Å². The molecule has 0 fully saturated rings. The number of para-hydroxylation sites is 2. The summed E-state index contributed by atoms with van der Waals surface area (Å²) in [5, 5.41) is 3.36. The highest BCUT2D eigenvalue weighted by Gasteiger charge is 2.16. The predicted molar refractivity (Wildman–Crippen MR) is 86.4 cm³/mol. The van der Waals surface area contributed by atoms with Crippen LogP contribution in [0.25, 0.3) is 11.0 Å². The molecule has 0 saturated heterocycles. The topological polar surface area (TPSA) is 37.8 Å². The minimum Gasteiger partial charge on any atom is -0.308 e. The highest BCUT2D eigenvalue weighted by Crippen LogP contribution is 2.25. The summed E-state index contributed by atoms with van der Waals surface area (Å²) in [6.07, 6.45) is 1.87. The van der Waals surface area contributed by atoms with Crippen LogP contribution in [0.4, 0.5) is 0 Å². The quantitative estimate of drug-likeness (QED) is 0.795. The molecule has 0 bridgehead atoms. The number of hydrogen-bond acceptors (Lipinski definition) is 3. The molecule has 0 aliphatic rings. The molecule has 2 aromatic carbocycles. The molecule has 0 spiro atoms. The highest BCUT2D eigenvalue weighted by atomic mass is 14.9. The Kier molecular flexibility index (Phi) is 3.67. The number of fused-ring (bicyclic) bond motifs is 1. The third-order valence-electron chi connectivity index (χ3n) is 3.80. The van der Waals surface area contributed by atoms with Crippen LogP contribution in [-0.4, -0.2) is 17.0 Å². The maximum atomic E-state index is 4.77. The standard InChI is InChI=1S/C18H19N3/c1-12-8-9-13(2)14(10-12)18(19-3)17-11-20-15-6-4-5-7-16(15)21-17/h4-11,18-19H,1-3H3. The number of nitrogens with zero attached hydrogens (tertiary/aromatic N) is 2. The van der Waals surface area contributed by atoms with E-state index in [4.69, 9.17) is 4.98 Å². The van der Waals surface area contributed by atoms with Gasteiger partial charge in [0.15, 0.2) is 0 Å². The van der Waals surface area contributed by atoms with Crippen LogP contribution in [0.5, 0.6) is 0 Å². The Labute approximate surface area is 125 Å². The summed E-state index contributed by atoms with van der Waals surface area (Å²) in [6.45, 7) is 4.25. The zero-order valence-corrected chi connectivity index (χ0v) is 12.6. The van der Waals surface area contributed by atoms with Gasteiger partial charge in [0.05, 0.1) is 29.0 Å². The van der Waals surface area contributed by atoms with E-state index in [2.05, 4.69) is 42.3 Å². The van der Waals surface area contributed by atoms with Crippen molar-refractivity contribution in [2.45, 2.75) is 19.9 Å². The van der Waals surface area contributed by atoms with Crippen molar-refractivity contribution in [1.82, 2.24) is 15.3 Å². The van der Waals surface area contributed by atoms with Gasteiger partial charge in [-0.15, -0.1) is 0 Å². The molecule has 0 aliphatic heterocycles. The van der Waals surface area contributed by atoms with Gasteiger partial charge in [-0.1, -0.05) is 35.9 Å². The summed E-state index contributed by atoms with van der Waals surface area (Å²) in [7, 11) is 1.96. The normalized spacial score (nSPS) is 12.5. The second-order valence-corrected chi connectivity index (χ2v) is 5.37. The van der Waals surface area contributed by atoms with Crippen LogP contribution in [0.3, 0.4) is 0 Å². The molecule has 1 heterocycles. The molecule has 3 nitrogen and oxygen atoms in total. The number of rotatable bonds is 3. The maximum Gasteiger partial charge on any atom is 0.0890 e. The first kappa shape index (κ1) is 13.7. The second kappa shape index (κ2) is 5.62. The van der Waals surface area contributed by atoms with Crippen LogP contribution in [0, 0.1) is 13.8 Å². The highest BCUT2D eigenvalue weighted by molar-refractivity contribution is 5.73. The molecule has 3 rings (SSSR count). The van der Waals surface area contributed by atoms with Crippen LogP contribution < -0.4 is 5.32 Å². The lowest BCUT2D eigenvalue weighted by Gasteiger charge is -2.19. The van der Waals surface area contributed by atoms with Gasteiger partial charge in [-0.05, 0) is 44.2 Å². The molecule has 3 heteroatoms. The number of aromatic nitrogens is 2. The number of nitrogens with one attached hydrogen (secondary N) is 1. The fraction of sp³-hybridized carbons (Fsp3) is 0.222. The average Bonchev–Trinajstić information content (AvgIpc) is 2.51. The van der Waals surface area contributed by atoms with Gasteiger partial charge in [0.2, 0.25) is 0 Å². The minimum absolute atomic E-state index is 0.0574. The molecule has 1 atom stereocenters. The molecular weight excluding hydrogens is 258 g/mol. The molecule has 0 radical (unpaired) electrons. The van der Waals surface area contributed by atoms with Crippen molar-refractivity contribution in [2.24, 2.45) is 0 Å². The van der Waals surface area contributed by atoms with Crippen LogP contribution in [0.1, 0.15) is 28.4 Å². The Morgan fingerprint density at radius 1 is 1.00 bits per heavy atom. The summed E-state index contributed by atoms with van der Waals surface area (Å²) >= 11 is 0. The first-order valence-corrected chi connectivity index (χ1v) is 7.15. The maximum absolute atomic E-state index is 4.77. The second-order valence-electron chi connectivity index (χ2n) is 5.37. The number of aryl methyl sites for hydroxylation is 2. The summed E-state index contributed by atoms with van der Waals surface area (Å²) in [4.78, 5) is 9.29. The smallest absolute Gasteiger partial charge is 0.0890 e. The monoisotopic (exact) mass is 277 g/mol. The molecule has 106 valence electrons. The zero-order chi connectivity index (χ0) is 14.8. The summed E-state index contributed by atoms with van der Waals surface area (Å²) in [5.41, 5.74) is 6.57. The zero-order valence-electron chi connectivity index (χ0n) is 12.6. The van der Waals surface area contributed by atoms with Crippen LogP contribution in [-0.2, 0) is 0 Å². The van der Waals surface area contributed by atoms with Crippen molar-refractivity contribution in [1.29, 1.82) is 0 Å². The van der Waals surface area contributed by atoms with Gasteiger partial charge < -0.3 is 5.32 Å². The first-order valence-electron chi connectivity index (χ1n) is 7.15. The molecule has 21 heavy (non-hydrogen) atoms. The van der Waals surface area contributed by atoms with Crippen LogP contribution >= 0.6 is 0 Å². The largest absolute Gasteiger partial charge is 0.308 e. The number of hydrogen-bond donors (Lipinski definition) is 1. The fourth-order valence-electron chi connectivity index (χ4n) is 2.64.